The lowest BCUT2D eigenvalue weighted by Gasteiger charge is -2.21. The molecule has 1 saturated heterocycles. The van der Waals surface area contributed by atoms with Crippen molar-refractivity contribution in [1.29, 1.82) is 0 Å². The highest BCUT2D eigenvalue weighted by molar-refractivity contribution is 5.92. The quantitative estimate of drug-likeness (QED) is 0.194. The number of hydrogen-bond acceptors (Lipinski definition) is 4. The van der Waals surface area contributed by atoms with Crippen molar-refractivity contribution in [1.82, 2.24) is 0 Å². The summed E-state index contributed by atoms with van der Waals surface area (Å²) in [6.45, 7) is 15.1. The van der Waals surface area contributed by atoms with Crippen molar-refractivity contribution in [3.05, 3.63) is 23.3 Å². The van der Waals surface area contributed by atoms with Crippen molar-refractivity contribution in [2.75, 3.05) is 6.61 Å². The van der Waals surface area contributed by atoms with Crippen LogP contribution in [0.4, 0.5) is 0 Å². The number of allylic oxidation sites excluding steroid dienone is 3. The topological polar surface area (TPSA) is 80.7 Å². The smallest absolute Gasteiger partial charge is 0.331 e. The van der Waals surface area contributed by atoms with E-state index in [0.29, 0.717) is 11.8 Å². The Morgan fingerprint density at radius 3 is 2.19 bits per heavy atom. The maximum atomic E-state index is 12.5. The number of Topliss-reactive ketones (excluding diaryl/α,β-unsaturated/α-hetero) is 1. The van der Waals surface area contributed by atoms with E-state index in [4.69, 9.17) is 4.74 Å². The average Bonchev–Trinajstić information content (AvgIpc) is 3.12. The van der Waals surface area contributed by atoms with Gasteiger partial charge >= 0.3 is 11.9 Å². The van der Waals surface area contributed by atoms with Crippen molar-refractivity contribution < 1.29 is 24.2 Å². The second-order valence-corrected chi connectivity index (χ2v) is 10.4. The Balaban J connectivity index is 2.68. The van der Waals surface area contributed by atoms with E-state index in [1.54, 1.807) is 13.0 Å². The zero-order valence-electron chi connectivity index (χ0n) is 21.1. The van der Waals surface area contributed by atoms with E-state index in [0.717, 1.165) is 23.8 Å². The number of rotatable bonds is 14. The summed E-state index contributed by atoms with van der Waals surface area (Å²) in [6, 6.07) is 0. The van der Waals surface area contributed by atoms with Gasteiger partial charge in [0.2, 0.25) is 0 Å². The molecule has 0 bridgehead atoms. The van der Waals surface area contributed by atoms with Crippen molar-refractivity contribution >= 4 is 17.7 Å². The summed E-state index contributed by atoms with van der Waals surface area (Å²) in [6.07, 6.45) is 8.86. The van der Waals surface area contributed by atoms with Crippen LogP contribution < -0.4 is 0 Å². The predicted molar refractivity (Wildman–Crippen MR) is 128 cm³/mol. The normalized spacial score (nSPS) is 22.1. The van der Waals surface area contributed by atoms with E-state index in [2.05, 4.69) is 40.7 Å². The maximum Gasteiger partial charge on any atom is 0.331 e. The van der Waals surface area contributed by atoms with Gasteiger partial charge in [0.25, 0.3) is 0 Å². The van der Waals surface area contributed by atoms with Crippen LogP contribution in [0.5, 0.6) is 0 Å². The van der Waals surface area contributed by atoms with E-state index in [1.165, 1.54) is 19.3 Å². The molecule has 1 aliphatic rings. The Morgan fingerprint density at radius 1 is 1.06 bits per heavy atom. The monoisotopic (exact) mass is 448 g/mol. The highest BCUT2D eigenvalue weighted by atomic mass is 16.5. The first-order chi connectivity index (χ1) is 14.9. The summed E-state index contributed by atoms with van der Waals surface area (Å²) in [4.78, 5) is 35.6. The van der Waals surface area contributed by atoms with Gasteiger partial charge in [-0.15, -0.1) is 0 Å². The van der Waals surface area contributed by atoms with Gasteiger partial charge in [0.1, 0.15) is 12.4 Å². The summed E-state index contributed by atoms with van der Waals surface area (Å²) >= 11 is 0. The first kappa shape index (κ1) is 28.1. The fourth-order valence-corrected chi connectivity index (χ4v) is 4.94. The minimum absolute atomic E-state index is 0.0971. The molecule has 0 aromatic carbocycles. The van der Waals surface area contributed by atoms with Crippen LogP contribution in [-0.4, -0.2) is 29.4 Å². The van der Waals surface area contributed by atoms with E-state index >= 15 is 0 Å². The third kappa shape index (κ3) is 10.1. The Kier molecular flexibility index (Phi) is 11.9. The fourth-order valence-electron chi connectivity index (χ4n) is 4.94. The Hall–Kier alpha value is -1.91. The molecule has 0 aromatic rings. The van der Waals surface area contributed by atoms with Crippen molar-refractivity contribution in [2.24, 2.45) is 35.5 Å². The summed E-state index contributed by atoms with van der Waals surface area (Å²) in [5, 5.41) is 9.65. The number of carboxylic acid groups (broad SMARTS) is 1. The highest BCUT2D eigenvalue weighted by Gasteiger charge is 2.33. The van der Waals surface area contributed by atoms with Crippen LogP contribution in [0, 0.1) is 35.5 Å². The average molecular weight is 449 g/mol. The van der Waals surface area contributed by atoms with E-state index in [1.807, 2.05) is 6.92 Å². The van der Waals surface area contributed by atoms with E-state index < -0.39 is 17.8 Å². The number of ketones is 1. The highest BCUT2D eigenvalue weighted by Crippen LogP contribution is 2.27. The lowest BCUT2D eigenvalue weighted by molar-refractivity contribution is -0.138. The lowest BCUT2D eigenvalue weighted by Crippen LogP contribution is -2.23. The summed E-state index contributed by atoms with van der Waals surface area (Å²) < 4.78 is 4.88. The second kappa shape index (κ2) is 13.6. The predicted octanol–water partition coefficient (Wildman–Crippen LogP) is 6.23. The molecule has 6 atom stereocenters. The zero-order valence-corrected chi connectivity index (χ0v) is 21.1. The molecular weight excluding hydrogens is 404 g/mol. The van der Waals surface area contributed by atoms with Crippen LogP contribution in [0.3, 0.4) is 0 Å². The fraction of sp³-hybridized carbons (Fsp3) is 0.741. The Morgan fingerprint density at radius 2 is 1.66 bits per heavy atom. The number of esters is 1. The van der Waals surface area contributed by atoms with E-state index in [-0.39, 0.29) is 36.8 Å². The van der Waals surface area contributed by atoms with Crippen LogP contribution in [0.25, 0.3) is 0 Å². The van der Waals surface area contributed by atoms with Gasteiger partial charge in [-0.2, -0.15) is 0 Å². The van der Waals surface area contributed by atoms with Gasteiger partial charge in [0, 0.05) is 11.5 Å². The van der Waals surface area contributed by atoms with Crippen molar-refractivity contribution in [2.45, 2.75) is 87.0 Å². The molecule has 0 amide bonds. The molecule has 0 aliphatic carbocycles. The SMILES string of the molecule is CCC(C)CC(C)CC(C)CC(C)C=C(C)C=C(CC(C)C(=O)[C@@H]1COC(=O)C1)C(=O)O. The largest absolute Gasteiger partial charge is 0.478 e. The number of aliphatic carboxylic acids is 1. The molecule has 182 valence electrons. The van der Waals surface area contributed by atoms with Gasteiger partial charge in [-0.3, -0.25) is 9.59 Å². The number of carbonyl (C=O) groups is 3. The van der Waals surface area contributed by atoms with Gasteiger partial charge in [-0.05, 0) is 62.4 Å². The number of hydrogen-bond donors (Lipinski definition) is 1. The van der Waals surface area contributed by atoms with Gasteiger partial charge in [-0.1, -0.05) is 59.6 Å². The number of carboxylic acids is 1. The van der Waals surface area contributed by atoms with Crippen LogP contribution in [0.1, 0.15) is 87.0 Å². The molecule has 1 rings (SSSR count). The molecule has 5 heteroatoms. The molecule has 1 heterocycles. The van der Waals surface area contributed by atoms with Crippen LogP contribution in [0.15, 0.2) is 23.3 Å². The molecular formula is C27H44O5. The Bertz CT molecular complexity index is 705. The molecule has 1 N–H and O–H groups in total. The van der Waals surface area contributed by atoms with Gasteiger partial charge < -0.3 is 9.84 Å². The molecule has 32 heavy (non-hydrogen) atoms. The zero-order chi connectivity index (χ0) is 24.4. The molecule has 0 spiro atoms. The molecule has 0 aromatic heterocycles. The van der Waals surface area contributed by atoms with Crippen LogP contribution in [-0.2, 0) is 19.1 Å². The van der Waals surface area contributed by atoms with Crippen molar-refractivity contribution in [3.8, 4) is 0 Å². The first-order valence-corrected chi connectivity index (χ1v) is 12.2. The summed E-state index contributed by atoms with van der Waals surface area (Å²) in [5.74, 6) is 0.0816. The third-order valence-electron chi connectivity index (χ3n) is 6.58. The first-order valence-electron chi connectivity index (χ1n) is 12.2. The van der Waals surface area contributed by atoms with E-state index in [9.17, 15) is 19.5 Å². The molecule has 0 saturated carbocycles. The lowest BCUT2D eigenvalue weighted by atomic mass is 9.84. The number of cyclic esters (lactones) is 1. The minimum Gasteiger partial charge on any atom is -0.478 e. The van der Waals surface area contributed by atoms with Gasteiger partial charge in [0.05, 0.1) is 12.3 Å². The Labute approximate surface area is 194 Å². The van der Waals surface area contributed by atoms with Gasteiger partial charge in [-0.25, -0.2) is 4.79 Å². The number of carbonyl (C=O) groups excluding carboxylic acids is 2. The second-order valence-electron chi connectivity index (χ2n) is 10.4. The van der Waals surface area contributed by atoms with Gasteiger partial charge in [0.15, 0.2) is 0 Å². The van der Waals surface area contributed by atoms with Crippen LogP contribution in [0.2, 0.25) is 0 Å². The minimum atomic E-state index is -1.00. The molecule has 5 nitrogen and oxygen atoms in total. The number of ether oxygens (including phenoxy) is 1. The molecule has 1 aliphatic heterocycles. The maximum absolute atomic E-state index is 12.5. The molecule has 5 unspecified atom stereocenters. The molecule has 1 fully saturated rings. The van der Waals surface area contributed by atoms with Crippen molar-refractivity contribution in [3.63, 3.8) is 0 Å². The standard InChI is InChI=1S/C27H44O5/c1-8-17(2)9-18(3)10-19(4)11-20(5)12-21(6)13-23(27(30)31)14-22(7)26(29)24-15-25(28)32-16-24/h12-13,17-20,22,24H,8-11,14-16H2,1-7H3,(H,30,31)/t17?,18?,19?,20?,22?,24-/m0/s1. The summed E-state index contributed by atoms with van der Waals surface area (Å²) in [7, 11) is 0. The third-order valence-corrected chi connectivity index (χ3v) is 6.58. The molecule has 0 radical (unpaired) electrons. The summed E-state index contributed by atoms with van der Waals surface area (Å²) in [5.41, 5.74) is 1.14. The van der Waals surface area contributed by atoms with Crippen LogP contribution >= 0.6 is 0 Å².